The van der Waals surface area contributed by atoms with Crippen molar-refractivity contribution in [2.45, 2.75) is 26.8 Å². The van der Waals surface area contributed by atoms with Crippen LogP contribution in [0.4, 0.5) is 0 Å². The monoisotopic (exact) mass is 334 g/mol. The maximum absolute atomic E-state index is 10.9. The smallest absolute Gasteiger partial charge is 0.217 e. The van der Waals surface area contributed by atoms with Crippen LogP contribution in [0.5, 0.6) is 17.4 Å². The van der Waals surface area contributed by atoms with E-state index >= 15 is 0 Å². The number of pyridine rings is 1. The molecule has 0 unspecified atom stereocenters. The summed E-state index contributed by atoms with van der Waals surface area (Å²) in [5, 5.41) is 3.29. The maximum Gasteiger partial charge on any atom is 0.217 e. The number of benzene rings is 1. The zero-order chi connectivity index (χ0) is 16.8. The Labute approximate surface area is 140 Å². The highest BCUT2D eigenvalue weighted by atomic mass is 35.5. The third-order valence-corrected chi connectivity index (χ3v) is 3.25. The van der Waals surface area contributed by atoms with Crippen molar-refractivity contribution in [1.82, 2.24) is 10.3 Å². The van der Waals surface area contributed by atoms with E-state index in [0.717, 1.165) is 5.56 Å². The molecular weight excluding hydrogens is 316 g/mol. The molecule has 0 saturated heterocycles. The van der Waals surface area contributed by atoms with Crippen LogP contribution in [0.1, 0.15) is 19.4 Å². The van der Waals surface area contributed by atoms with E-state index in [1.54, 1.807) is 18.3 Å². The molecule has 5 nitrogen and oxygen atoms in total. The summed E-state index contributed by atoms with van der Waals surface area (Å²) in [6, 6.07) is 8.95. The number of rotatable bonds is 6. The van der Waals surface area contributed by atoms with Crippen molar-refractivity contribution >= 4 is 17.5 Å². The van der Waals surface area contributed by atoms with Crippen LogP contribution in [0.25, 0.3) is 0 Å². The van der Waals surface area contributed by atoms with Gasteiger partial charge in [0.2, 0.25) is 11.8 Å². The summed E-state index contributed by atoms with van der Waals surface area (Å²) < 4.78 is 11.2. The Kier molecular flexibility index (Phi) is 5.82. The zero-order valence-corrected chi connectivity index (χ0v) is 14.1. The predicted octanol–water partition coefficient (Wildman–Crippen LogP) is 3.74. The van der Waals surface area contributed by atoms with Crippen molar-refractivity contribution in [3.8, 4) is 17.4 Å². The Bertz CT molecular complexity index is 674. The summed E-state index contributed by atoms with van der Waals surface area (Å²) in [6.45, 7) is 5.64. The van der Waals surface area contributed by atoms with Gasteiger partial charge in [-0.25, -0.2) is 4.98 Å². The van der Waals surface area contributed by atoms with E-state index in [1.165, 1.54) is 6.92 Å². The van der Waals surface area contributed by atoms with Crippen molar-refractivity contribution < 1.29 is 14.3 Å². The van der Waals surface area contributed by atoms with Gasteiger partial charge in [0.25, 0.3) is 0 Å². The SMILES string of the molecule is CC(=O)N[C@@H](C)COc1ccc(Oc2ccc(C)cc2Cl)cn1. The van der Waals surface area contributed by atoms with Crippen LogP contribution in [0, 0.1) is 6.92 Å². The van der Waals surface area contributed by atoms with E-state index in [2.05, 4.69) is 10.3 Å². The first-order valence-corrected chi connectivity index (χ1v) is 7.62. The summed E-state index contributed by atoms with van der Waals surface area (Å²) in [5.41, 5.74) is 1.07. The molecule has 0 saturated carbocycles. The fraction of sp³-hybridized carbons (Fsp3) is 0.294. The van der Waals surface area contributed by atoms with E-state index in [4.69, 9.17) is 21.1 Å². The Morgan fingerprint density at radius 1 is 1.35 bits per heavy atom. The Morgan fingerprint density at radius 2 is 2.13 bits per heavy atom. The van der Waals surface area contributed by atoms with Gasteiger partial charge >= 0.3 is 0 Å². The lowest BCUT2D eigenvalue weighted by molar-refractivity contribution is -0.119. The van der Waals surface area contributed by atoms with Crippen LogP contribution >= 0.6 is 11.6 Å². The lowest BCUT2D eigenvalue weighted by Gasteiger charge is -2.13. The predicted molar refractivity (Wildman–Crippen MR) is 89.3 cm³/mol. The van der Waals surface area contributed by atoms with Crippen LogP contribution in [0.15, 0.2) is 36.5 Å². The summed E-state index contributed by atoms with van der Waals surface area (Å²) >= 11 is 6.13. The van der Waals surface area contributed by atoms with E-state index < -0.39 is 0 Å². The average molecular weight is 335 g/mol. The second-order valence-corrected chi connectivity index (χ2v) is 5.69. The lowest BCUT2D eigenvalue weighted by atomic mass is 10.2. The van der Waals surface area contributed by atoms with Gasteiger partial charge in [-0.15, -0.1) is 0 Å². The Hall–Kier alpha value is -2.27. The topological polar surface area (TPSA) is 60.5 Å². The molecule has 2 aromatic rings. The molecule has 0 fully saturated rings. The van der Waals surface area contributed by atoms with Crippen LogP contribution in [0.2, 0.25) is 5.02 Å². The lowest BCUT2D eigenvalue weighted by Crippen LogP contribution is -2.35. The number of halogens is 1. The number of hydrogen-bond acceptors (Lipinski definition) is 4. The first kappa shape index (κ1) is 17.1. The Morgan fingerprint density at radius 3 is 2.74 bits per heavy atom. The third-order valence-electron chi connectivity index (χ3n) is 2.96. The van der Waals surface area contributed by atoms with Crippen LogP contribution < -0.4 is 14.8 Å². The molecule has 0 aliphatic heterocycles. The Balaban J connectivity index is 1.93. The second kappa shape index (κ2) is 7.83. The standard InChI is InChI=1S/C17H19ClN2O3/c1-11-4-6-16(15(18)8-11)23-14-5-7-17(19-9-14)22-10-12(2)20-13(3)21/h4-9,12H,10H2,1-3H3,(H,20,21)/t12-/m0/s1. The number of nitrogens with one attached hydrogen (secondary N) is 1. The van der Waals surface area contributed by atoms with Gasteiger partial charge in [-0.1, -0.05) is 17.7 Å². The summed E-state index contributed by atoms with van der Waals surface area (Å²) in [7, 11) is 0. The van der Waals surface area contributed by atoms with Gasteiger partial charge in [-0.3, -0.25) is 4.79 Å². The van der Waals surface area contributed by atoms with Crippen molar-refractivity contribution in [2.24, 2.45) is 0 Å². The molecule has 0 aliphatic rings. The molecule has 0 aliphatic carbocycles. The molecule has 0 bridgehead atoms. The highest BCUT2D eigenvalue weighted by molar-refractivity contribution is 6.32. The normalized spacial score (nSPS) is 11.7. The minimum absolute atomic E-state index is 0.0865. The van der Waals surface area contributed by atoms with Gasteiger partial charge < -0.3 is 14.8 Å². The van der Waals surface area contributed by atoms with Crippen LogP contribution in [-0.4, -0.2) is 23.5 Å². The molecule has 1 N–H and O–H groups in total. The van der Waals surface area contributed by atoms with Gasteiger partial charge in [0, 0.05) is 13.0 Å². The van der Waals surface area contributed by atoms with Crippen molar-refractivity contribution in [3.63, 3.8) is 0 Å². The number of carbonyl (C=O) groups is 1. The quantitative estimate of drug-likeness (QED) is 0.874. The first-order valence-electron chi connectivity index (χ1n) is 7.24. The molecule has 1 amide bonds. The van der Waals surface area contributed by atoms with Gasteiger partial charge in [-0.05, 0) is 37.6 Å². The maximum atomic E-state index is 10.9. The fourth-order valence-corrected chi connectivity index (χ4v) is 2.20. The third kappa shape index (κ3) is 5.45. The number of ether oxygens (including phenoxy) is 2. The first-order chi connectivity index (χ1) is 10.9. The van der Waals surface area contributed by atoms with E-state index in [-0.39, 0.29) is 11.9 Å². The molecule has 0 radical (unpaired) electrons. The fourth-order valence-electron chi connectivity index (χ4n) is 1.93. The van der Waals surface area contributed by atoms with Crippen LogP contribution in [0.3, 0.4) is 0 Å². The molecule has 1 heterocycles. The number of aromatic nitrogens is 1. The number of hydrogen-bond donors (Lipinski definition) is 1. The van der Waals surface area contributed by atoms with Crippen molar-refractivity contribution in [2.75, 3.05) is 6.61 Å². The number of amides is 1. The van der Waals surface area contributed by atoms with Crippen molar-refractivity contribution in [1.29, 1.82) is 0 Å². The van der Waals surface area contributed by atoms with Gasteiger partial charge in [0.15, 0.2) is 0 Å². The largest absolute Gasteiger partial charge is 0.475 e. The number of nitrogens with zero attached hydrogens (tertiary/aromatic N) is 1. The molecule has 23 heavy (non-hydrogen) atoms. The molecule has 0 spiro atoms. The minimum atomic E-state index is -0.0900. The van der Waals surface area contributed by atoms with E-state index in [0.29, 0.717) is 29.0 Å². The van der Waals surface area contributed by atoms with Crippen LogP contribution in [-0.2, 0) is 4.79 Å². The molecular formula is C17H19ClN2O3. The van der Waals surface area contributed by atoms with E-state index in [1.807, 2.05) is 32.0 Å². The molecule has 1 aromatic carbocycles. The molecule has 1 aromatic heterocycles. The highest BCUT2D eigenvalue weighted by Gasteiger charge is 2.07. The molecule has 2 rings (SSSR count). The summed E-state index contributed by atoms with van der Waals surface area (Å²) in [4.78, 5) is 15.1. The number of carbonyl (C=O) groups excluding carboxylic acids is 1. The molecule has 1 atom stereocenters. The highest BCUT2D eigenvalue weighted by Crippen LogP contribution is 2.30. The summed E-state index contributed by atoms with van der Waals surface area (Å²) in [6.07, 6.45) is 1.56. The van der Waals surface area contributed by atoms with Gasteiger partial charge in [0.05, 0.1) is 17.3 Å². The van der Waals surface area contributed by atoms with Gasteiger partial charge in [-0.2, -0.15) is 0 Å². The molecule has 122 valence electrons. The second-order valence-electron chi connectivity index (χ2n) is 5.28. The van der Waals surface area contributed by atoms with E-state index in [9.17, 15) is 4.79 Å². The molecule has 6 heteroatoms. The van der Waals surface area contributed by atoms with Gasteiger partial charge in [0.1, 0.15) is 18.1 Å². The zero-order valence-electron chi connectivity index (χ0n) is 13.3. The average Bonchev–Trinajstić information content (AvgIpc) is 2.49. The number of aryl methyl sites for hydroxylation is 1. The summed E-state index contributed by atoms with van der Waals surface area (Å²) in [5.74, 6) is 1.52. The minimum Gasteiger partial charge on any atom is -0.475 e. The van der Waals surface area contributed by atoms with Crippen molar-refractivity contribution in [3.05, 3.63) is 47.1 Å².